The van der Waals surface area contributed by atoms with Gasteiger partial charge in [0.1, 0.15) is 9.90 Å². The van der Waals surface area contributed by atoms with Crippen LogP contribution in [0.2, 0.25) is 0 Å². The molecule has 3 rings (SSSR count). The minimum Gasteiger partial charge on any atom is -0.278 e. The summed E-state index contributed by atoms with van der Waals surface area (Å²) in [4.78, 5) is 6.34. The van der Waals surface area contributed by atoms with Crippen molar-refractivity contribution in [2.75, 3.05) is 4.72 Å². The van der Waals surface area contributed by atoms with Crippen LogP contribution in [0.4, 0.5) is 5.69 Å². The van der Waals surface area contributed by atoms with E-state index in [1.54, 1.807) is 12.1 Å². The molecule has 0 amide bonds. The number of thiazole rings is 1. The lowest BCUT2D eigenvalue weighted by molar-refractivity contribution is 0.601. The van der Waals surface area contributed by atoms with Crippen molar-refractivity contribution in [2.24, 2.45) is 0 Å². The van der Waals surface area contributed by atoms with E-state index in [2.05, 4.69) is 25.6 Å². The maximum atomic E-state index is 12.8. The molecule has 0 saturated heterocycles. The number of rotatable bonds is 4. The molecule has 0 atom stereocenters. The fourth-order valence-electron chi connectivity index (χ4n) is 2.21. The third-order valence-electron chi connectivity index (χ3n) is 3.36. The minimum atomic E-state index is -3.65. The van der Waals surface area contributed by atoms with Crippen LogP contribution in [-0.2, 0) is 10.0 Å². The zero-order valence-corrected chi connectivity index (χ0v) is 17.3. The molecular formula is C16H15BrN2O2S3. The van der Waals surface area contributed by atoms with Gasteiger partial charge in [0.25, 0.3) is 10.0 Å². The lowest BCUT2D eigenvalue weighted by Crippen LogP contribution is -2.13. The summed E-state index contributed by atoms with van der Waals surface area (Å²) < 4.78 is 28.9. The molecule has 0 aliphatic carbocycles. The number of hydrogen-bond donors (Lipinski definition) is 1. The molecule has 0 unspecified atom stereocenters. The Morgan fingerprint density at radius 2 is 1.92 bits per heavy atom. The van der Waals surface area contributed by atoms with E-state index in [1.165, 1.54) is 22.7 Å². The molecule has 4 nitrogen and oxygen atoms in total. The third kappa shape index (κ3) is 3.56. The molecule has 0 saturated carbocycles. The average Bonchev–Trinajstić information content (AvgIpc) is 3.08. The van der Waals surface area contributed by atoms with Crippen molar-refractivity contribution in [2.45, 2.75) is 25.7 Å². The molecule has 3 aromatic rings. The average molecular weight is 443 g/mol. The van der Waals surface area contributed by atoms with Gasteiger partial charge < -0.3 is 0 Å². The summed E-state index contributed by atoms with van der Waals surface area (Å²) in [6.45, 7) is 5.69. The summed E-state index contributed by atoms with van der Waals surface area (Å²) in [5.41, 5.74) is 2.52. The highest BCUT2D eigenvalue weighted by Gasteiger charge is 2.22. The van der Waals surface area contributed by atoms with Gasteiger partial charge in [0.15, 0.2) is 0 Å². The molecule has 24 heavy (non-hydrogen) atoms. The number of nitrogens with zero attached hydrogens (tertiary/aromatic N) is 1. The van der Waals surface area contributed by atoms with E-state index in [0.717, 1.165) is 30.5 Å². The van der Waals surface area contributed by atoms with Crippen LogP contribution in [-0.4, -0.2) is 13.4 Å². The largest absolute Gasteiger partial charge is 0.278 e. The number of halogens is 1. The van der Waals surface area contributed by atoms with Gasteiger partial charge in [-0.25, -0.2) is 13.4 Å². The van der Waals surface area contributed by atoms with E-state index in [9.17, 15) is 8.42 Å². The van der Waals surface area contributed by atoms with Crippen molar-refractivity contribution >= 4 is 54.3 Å². The second-order valence-electron chi connectivity index (χ2n) is 5.41. The molecule has 0 aliphatic heterocycles. The third-order valence-corrected chi connectivity index (χ3v) is 7.82. The summed E-state index contributed by atoms with van der Waals surface area (Å²) in [6, 6.07) is 7.20. The van der Waals surface area contributed by atoms with Crippen LogP contribution in [0.25, 0.3) is 9.88 Å². The maximum absolute atomic E-state index is 12.8. The minimum absolute atomic E-state index is 0.294. The van der Waals surface area contributed by atoms with Crippen molar-refractivity contribution in [3.8, 4) is 9.88 Å². The Morgan fingerprint density at radius 3 is 2.54 bits per heavy atom. The van der Waals surface area contributed by atoms with E-state index in [1.807, 2.05) is 38.3 Å². The number of benzene rings is 1. The molecule has 1 aromatic carbocycles. The predicted molar refractivity (Wildman–Crippen MR) is 105 cm³/mol. The first-order valence-corrected chi connectivity index (χ1v) is 11.1. The highest BCUT2D eigenvalue weighted by atomic mass is 79.9. The molecular weight excluding hydrogens is 428 g/mol. The number of hydrogen-bond acceptors (Lipinski definition) is 5. The Morgan fingerprint density at radius 1 is 1.17 bits per heavy atom. The molecule has 0 aliphatic rings. The van der Waals surface area contributed by atoms with Crippen LogP contribution < -0.4 is 4.72 Å². The first kappa shape index (κ1) is 17.6. The summed E-state index contributed by atoms with van der Waals surface area (Å²) in [6.07, 6.45) is 0. The smallest absolute Gasteiger partial charge is 0.263 e. The number of thiophene rings is 1. The fourth-order valence-corrected chi connectivity index (χ4v) is 6.46. The van der Waals surface area contributed by atoms with Gasteiger partial charge in [-0.1, -0.05) is 6.07 Å². The number of anilines is 1. The number of nitrogens with one attached hydrogen (secondary N) is 1. The SMILES string of the molecule is Cc1ccc(NS(=O)(=O)c2cc(-c3nc(C)cs3)sc2C)c(Br)c1. The number of sulfonamides is 1. The lowest BCUT2D eigenvalue weighted by atomic mass is 10.2. The molecule has 2 heterocycles. The second kappa shape index (κ2) is 6.59. The van der Waals surface area contributed by atoms with Crippen molar-refractivity contribution in [1.82, 2.24) is 4.98 Å². The topological polar surface area (TPSA) is 59.1 Å². The first-order chi connectivity index (χ1) is 11.3. The summed E-state index contributed by atoms with van der Waals surface area (Å²) in [5.74, 6) is 0. The highest BCUT2D eigenvalue weighted by molar-refractivity contribution is 9.10. The molecule has 2 aromatic heterocycles. The predicted octanol–water partition coefficient (Wildman–Crippen LogP) is 5.36. The summed E-state index contributed by atoms with van der Waals surface area (Å²) in [5, 5.41) is 2.80. The lowest BCUT2D eigenvalue weighted by Gasteiger charge is -2.10. The number of aryl methyl sites for hydroxylation is 3. The molecule has 0 fully saturated rings. The van der Waals surface area contributed by atoms with Gasteiger partial charge in [0, 0.05) is 20.4 Å². The van der Waals surface area contributed by atoms with E-state index in [0.29, 0.717) is 10.6 Å². The van der Waals surface area contributed by atoms with E-state index in [4.69, 9.17) is 0 Å². The quantitative estimate of drug-likeness (QED) is 0.591. The summed E-state index contributed by atoms with van der Waals surface area (Å²) in [7, 11) is -3.65. The van der Waals surface area contributed by atoms with E-state index >= 15 is 0 Å². The molecule has 1 N–H and O–H groups in total. The van der Waals surface area contributed by atoms with Gasteiger partial charge in [-0.2, -0.15) is 0 Å². The Hall–Kier alpha value is -1.22. The van der Waals surface area contributed by atoms with Gasteiger partial charge in [0.2, 0.25) is 0 Å². The van der Waals surface area contributed by atoms with Crippen molar-refractivity contribution in [3.63, 3.8) is 0 Å². The van der Waals surface area contributed by atoms with Gasteiger partial charge in [-0.3, -0.25) is 4.72 Å². The Kier molecular flexibility index (Phi) is 4.83. The molecule has 0 bridgehead atoms. The van der Waals surface area contributed by atoms with Crippen molar-refractivity contribution in [1.29, 1.82) is 0 Å². The molecule has 126 valence electrons. The molecule has 0 spiro atoms. The van der Waals surface area contributed by atoms with Crippen LogP contribution in [0.15, 0.2) is 39.0 Å². The normalized spacial score (nSPS) is 11.7. The van der Waals surface area contributed by atoms with Crippen LogP contribution in [0.5, 0.6) is 0 Å². The van der Waals surface area contributed by atoms with Crippen molar-refractivity contribution in [3.05, 3.63) is 50.3 Å². The Bertz CT molecular complexity index is 1010. The second-order valence-corrected chi connectivity index (χ2v) is 10.0. The fraction of sp³-hybridized carbons (Fsp3) is 0.188. The number of aromatic nitrogens is 1. The van der Waals surface area contributed by atoms with E-state index < -0.39 is 10.0 Å². The zero-order chi connectivity index (χ0) is 17.5. The Balaban J connectivity index is 1.96. The van der Waals surface area contributed by atoms with Crippen molar-refractivity contribution < 1.29 is 8.42 Å². The van der Waals surface area contributed by atoms with Crippen LogP contribution in [0.3, 0.4) is 0 Å². The summed E-state index contributed by atoms with van der Waals surface area (Å²) >= 11 is 6.36. The van der Waals surface area contributed by atoms with Crippen LogP contribution in [0, 0.1) is 20.8 Å². The van der Waals surface area contributed by atoms with Crippen LogP contribution >= 0.6 is 38.6 Å². The van der Waals surface area contributed by atoms with Crippen LogP contribution in [0.1, 0.15) is 16.1 Å². The van der Waals surface area contributed by atoms with Gasteiger partial charge >= 0.3 is 0 Å². The van der Waals surface area contributed by atoms with Gasteiger partial charge in [-0.05, 0) is 60.5 Å². The Labute approximate surface area is 157 Å². The van der Waals surface area contributed by atoms with Gasteiger partial charge in [0.05, 0.1) is 10.6 Å². The van der Waals surface area contributed by atoms with E-state index in [-0.39, 0.29) is 0 Å². The monoisotopic (exact) mass is 442 g/mol. The highest BCUT2D eigenvalue weighted by Crippen LogP contribution is 2.36. The maximum Gasteiger partial charge on any atom is 0.263 e. The zero-order valence-electron chi connectivity index (χ0n) is 13.3. The molecule has 8 heteroatoms. The van der Waals surface area contributed by atoms with Gasteiger partial charge in [-0.15, -0.1) is 22.7 Å². The molecule has 0 radical (unpaired) electrons. The first-order valence-electron chi connectivity index (χ1n) is 7.08. The standard InChI is InChI=1S/C16H15BrN2O2S3/c1-9-4-5-13(12(17)6-9)19-24(20,21)15-7-14(23-11(15)3)16-18-10(2)8-22-16/h4-8,19H,1-3H3.